The third-order valence-electron chi connectivity index (χ3n) is 2.73. The molecule has 0 amide bonds. The van der Waals surface area contributed by atoms with Crippen LogP contribution in [0, 0.1) is 11.3 Å². The Morgan fingerprint density at radius 2 is 1.94 bits per heavy atom. The smallest absolute Gasteiger partial charge is 0.0958 e. The summed E-state index contributed by atoms with van der Waals surface area (Å²) < 4.78 is 0. The summed E-state index contributed by atoms with van der Waals surface area (Å²) in [4.78, 5) is 1.28. The minimum Gasteiger partial charge on any atom is -0.305 e. The maximum Gasteiger partial charge on any atom is 0.0958 e. The Morgan fingerprint density at radius 3 is 2.41 bits per heavy atom. The average Bonchev–Trinajstić information content (AvgIpc) is 2.35. The molecular weight excluding hydrogens is 228 g/mol. The van der Waals surface area contributed by atoms with Gasteiger partial charge >= 0.3 is 0 Å². The normalized spacial score (nSPS) is 12.4. The fourth-order valence-electron chi connectivity index (χ4n) is 1.52. The second-order valence-electron chi connectivity index (χ2n) is 4.33. The van der Waals surface area contributed by atoms with Crippen molar-refractivity contribution in [2.45, 2.75) is 37.1 Å². The molecule has 0 aliphatic rings. The molecule has 0 fully saturated rings. The van der Waals surface area contributed by atoms with Gasteiger partial charge < -0.3 is 5.32 Å². The van der Waals surface area contributed by atoms with E-state index in [-0.39, 0.29) is 6.04 Å². The monoisotopic (exact) mass is 248 g/mol. The van der Waals surface area contributed by atoms with Crippen LogP contribution < -0.4 is 5.32 Å². The first-order valence-corrected chi connectivity index (χ1v) is 6.95. The van der Waals surface area contributed by atoms with Gasteiger partial charge in [-0.3, -0.25) is 0 Å². The minimum atomic E-state index is -0.0302. The average molecular weight is 248 g/mol. The predicted molar refractivity (Wildman–Crippen MR) is 74.3 cm³/mol. The number of thioether (sulfide) groups is 1. The Labute approximate surface area is 108 Å². The molecule has 0 heterocycles. The molecule has 1 aromatic rings. The van der Waals surface area contributed by atoms with Crippen molar-refractivity contribution < 1.29 is 0 Å². The highest BCUT2D eigenvalue weighted by Gasteiger charge is 2.04. The van der Waals surface area contributed by atoms with Crippen LogP contribution in [-0.2, 0) is 0 Å². The highest BCUT2D eigenvalue weighted by Crippen LogP contribution is 2.22. The van der Waals surface area contributed by atoms with Gasteiger partial charge in [0.2, 0.25) is 0 Å². The molecular formula is C14H20N2S. The van der Waals surface area contributed by atoms with E-state index in [4.69, 9.17) is 5.26 Å². The summed E-state index contributed by atoms with van der Waals surface area (Å²) in [6.07, 6.45) is 0.879. The summed E-state index contributed by atoms with van der Waals surface area (Å²) >= 11 is 1.81. The molecule has 3 heteroatoms. The van der Waals surface area contributed by atoms with Crippen molar-refractivity contribution in [2.24, 2.45) is 0 Å². The van der Waals surface area contributed by atoms with Gasteiger partial charge in [-0.2, -0.15) is 5.26 Å². The molecule has 0 spiro atoms. The lowest BCUT2D eigenvalue weighted by atomic mass is 10.0. The van der Waals surface area contributed by atoms with Crippen molar-refractivity contribution in [1.29, 1.82) is 5.26 Å². The van der Waals surface area contributed by atoms with Gasteiger partial charge in [-0.1, -0.05) is 26.0 Å². The minimum absolute atomic E-state index is 0.0302. The van der Waals surface area contributed by atoms with Gasteiger partial charge in [0.1, 0.15) is 0 Å². The summed E-state index contributed by atoms with van der Waals surface area (Å²) in [6, 6.07) is 10.9. The number of hydrogen-bond donors (Lipinski definition) is 1. The fourth-order valence-corrected chi connectivity index (χ4v) is 2.43. The van der Waals surface area contributed by atoms with Crippen molar-refractivity contribution in [1.82, 2.24) is 5.32 Å². The molecule has 0 aliphatic heterocycles. The highest BCUT2D eigenvalue weighted by atomic mass is 32.2. The van der Waals surface area contributed by atoms with Crippen LogP contribution in [0.1, 0.15) is 31.7 Å². The van der Waals surface area contributed by atoms with Gasteiger partial charge in [0.15, 0.2) is 0 Å². The Bertz CT molecular complexity index is 365. The first-order valence-electron chi connectivity index (χ1n) is 5.97. The van der Waals surface area contributed by atoms with E-state index < -0.39 is 0 Å². The second-order valence-corrected chi connectivity index (χ2v) is 5.50. The summed E-state index contributed by atoms with van der Waals surface area (Å²) in [5.41, 5.74) is 1.37. The second kappa shape index (κ2) is 7.37. The Balaban J connectivity index is 2.40. The van der Waals surface area contributed by atoms with Crippen LogP contribution >= 0.6 is 11.8 Å². The molecule has 0 aromatic heterocycles. The van der Waals surface area contributed by atoms with Crippen LogP contribution in [0.4, 0.5) is 0 Å². The van der Waals surface area contributed by atoms with Crippen LogP contribution in [0.3, 0.4) is 0 Å². The largest absolute Gasteiger partial charge is 0.305 e. The number of nitriles is 1. The molecule has 1 atom stereocenters. The van der Waals surface area contributed by atoms with Gasteiger partial charge in [-0.25, -0.2) is 0 Å². The third-order valence-corrected chi connectivity index (χ3v) is 3.77. The maximum absolute atomic E-state index is 8.80. The first kappa shape index (κ1) is 14.1. The Kier molecular flexibility index (Phi) is 6.10. The number of rotatable bonds is 6. The van der Waals surface area contributed by atoms with E-state index in [1.807, 2.05) is 18.8 Å². The molecule has 1 unspecified atom stereocenters. The van der Waals surface area contributed by atoms with E-state index in [1.54, 1.807) is 0 Å². The molecule has 1 N–H and O–H groups in total. The first-order chi connectivity index (χ1) is 8.17. The molecule has 1 aromatic carbocycles. The molecule has 2 nitrogen and oxygen atoms in total. The third kappa shape index (κ3) is 4.80. The van der Waals surface area contributed by atoms with E-state index in [1.165, 1.54) is 10.5 Å². The molecule has 0 radical (unpaired) electrons. The fraction of sp³-hybridized carbons (Fsp3) is 0.500. The summed E-state index contributed by atoms with van der Waals surface area (Å²) in [7, 11) is 1.83. The number of benzene rings is 1. The summed E-state index contributed by atoms with van der Waals surface area (Å²) in [5.74, 6) is 1.56. The van der Waals surface area contributed by atoms with Gasteiger partial charge in [0.05, 0.1) is 12.1 Å². The van der Waals surface area contributed by atoms with Crippen molar-refractivity contribution >= 4 is 11.8 Å². The molecule has 1 rings (SSSR count). The van der Waals surface area contributed by atoms with Gasteiger partial charge in [-0.15, -0.1) is 11.8 Å². The Hall–Kier alpha value is -0.980. The standard InChI is InChI=1S/C14H20N2S/c1-11(2)12-4-6-14(7-5-12)17-9-8-13(10-15)16-3/h4-7,11,13,16H,8-9H2,1-3H3. The zero-order valence-corrected chi connectivity index (χ0v) is 11.6. The zero-order valence-electron chi connectivity index (χ0n) is 10.7. The zero-order chi connectivity index (χ0) is 12.7. The lowest BCUT2D eigenvalue weighted by Crippen LogP contribution is -2.23. The van der Waals surface area contributed by atoms with E-state index in [0.29, 0.717) is 5.92 Å². The molecule has 17 heavy (non-hydrogen) atoms. The van der Waals surface area contributed by atoms with Crippen LogP contribution in [0.25, 0.3) is 0 Å². The van der Waals surface area contributed by atoms with E-state index >= 15 is 0 Å². The van der Waals surface area contributed by atoms with Crippen molar-refractivity contribution in [2.75, 3.05) is 12.8 Å². The SMILES string of the molecule is CNC(C#N)CCSc1ccc(C(C)C)cc1. The van der Waals surface area contributed by atoms with Crippen LogP contribution in [0.5, 0.6) is 0 Å². The van der Waals surface area contributed by atoms with Crippen molar-refractivity contribution in [3.05, 3.63) is 29.8 Å². The summed E-state index contributed by atoms with van der Waals surface area (Å²) in [6.45, 7) is 4.40. The molecule has 0 bridgehead atoms. The molecule has 0 saturated heterocycles. The van der Waals surface area contributed by atoms with E-state index in [2.05, 4.69) is 49.5 Å². The molecule has 0 aliphatic carbocycles. The van der Waals surface area contributed by atoms with E-state index in [0.717, 1.165) is 12.2 Å². The van der Waals surface area contributed by atoms with Crippen molar-refractivity contribution in [3.63, 3.8) is 0 Å². The number of nitrogens with one attached hydrogen (secondary N) is 1. The number of nitrogens with zero attached hydrogens (tertiary/aromatic N) is 1. The highest BCUT2D eigenvalue weighted by molar-refractivity contribution is 7.99. The summed E-state index contributed by atoms with van der Waals surface area (Å²) in [5, 5.41) is 11.8. The van der Waals surface area contributed by atoms with Crippen LogP contribution in [-0.4, -0.2) is 18.8 Å². The Morgan fingerprint density at radius 1 is 1.29 bits per heavy atom. The van der Waals surface area contributed by atoms with Gasteiger partial charge in [-0.05, 0) is 37.1 Å². The molecule has 92 valence electrons. The topological polar surface area (TPSA) is 35.8 Å². The lowest BCUT2D eigenvalue weighted by molar-refractivity contribution is 0.663. The quantitative estimate of drug-likeness (QED) is 0.784. The lowest BCUT2D eigenvalue weighted by Gasteiger charge is -2.08. The van der Waals surface area contributed by atoms with Crippen LogP contribution in [0.15, 0.2) is 29.2 Å². The van der Waals surface area contributed by atoms with Crippen LogP contribution in [0.2, 0.25) is 0 Å². The predicted octanol–water partition coefficient (Wildman–Crippen LogP) is 3.40. The van der Waals surface area contributed by atoms with Gasteiger partial charge in [0, 0.05) is 10.6 Å². The maximum atomic E-state index is 8.80. The molecule has 0 saturated carbocycles. The number of hydrogen-bond acceptors (Lipinski definition) is 3. The van der Waals surface area contributed by atoms with Gasteiger partial charge in [0.25, 0.3) is 0 Å². The van der Waals surface area contributed by atoms with Crippen molar-refractivity contribution in [3.8, 4) is 6.07 Å². The van der Waals surface area contributed by atoms with E-state index in [9.17, 15) is 0 Å².